The molecule has 0 heterocycles. The Balaban J connectivity index is 2.15. The van der Waals surface area contributed by atoms with Crippen molar-refractivity contribution in [3.63, 3.8) is 0 Å². The number of ether oxygens (including phenoxy) is 2. The van der Waals surface area contributed by atoms with Crippen molar-refractivity contribution in [1.29, 1.82) is 0 Å². The van der Waals surface area contributed by atoms with Crippen molar-refractivity contribution in [3.05, 3.63) is 58.6 Å². The largest absolute Gasteiger partial charge is 0.504 e. The zero-order valence-corrected chi connectivity index (χ0v) is 17.9. The van der Waals surface area contributed by atoms with E-state index in [-0.39, 0.29) is 12.3 Å². The van der Waals surface area contributed by atoms with Gasteiger partial charge in [-0.3, -0.25) is 0 Å². The Labute approximate surface area is 176 Å². The number of phenols is 1. The zero-order valence-electron chi connectivity index (χ0n) is 17.2. The van der Waals surface area contributed by atoms with Gasteiger partial charge in [-0.2, -0.15) is 0 Å². The number of benzene rings is 2. The maximum atomic E-state index is 12.7. The molecule has 0 aromatic heterocycles. The molecular formula is C22H28ClNO5. The maximum absolute atomic E-state index is 12.7. The number of aliphatic hydroxyl groups is 1. The first-order valence-corrected chi connectivity index (χ1v) is 9.74. The third-order valence-electron chi connectivity index (χ3n) is 4.19. The first kappa shape index (κ1) is 22.8. The molecule has 0 fully saturated rings. The van der Waals surface area contributed by atoms with Gasteiger partial charge in [0.1, 0.15) is 5.60 Å². The summed E-state index contributed by atoms with van der Waals surface area (Å²) in [5.41, 5.74) is 0.848. The molecule has 0 spiro atoms. The highest BCUT2D eigenvalue weighted by Gasteiger charge is 2.24. The minimum atomic E-state index is -0.907. The Hall–Kier alpha value is -2.44. The molecule has 2 aromatic rings. The quantitative estimate of drug-likeness (QED) is 0.684. The number of halogens is 1. The Morgan fingerprint density at radius 2 is 1.93 bits per heavy atom. The van der Waals surface area contributed by atoms with Gasteiger partial charge >= 0.3 is 6.09 Å². The molecule has 2 aromatic carbocycles. The van der Waals surface area contributed by atoms with E-state index in [2.05, 4.69) is 0 Å². The average molecular weight is 422 g/mol. The van der Waals surface area contributed by atoms with Crippen LogP contribution in [-0.4, -0.2) is 47.0 Å². The Kier molecular flexibility index (Phi) is 7.76. The molecule has 6 nitrogen and oxygen atoms in total. The van der Waals surface area contributed by atoms with Crippen molar-refractivity contribution >= 4 is 17.7 Å². The van der Waals surface area contributed by atoms with Gasteiger partial charge in [0, 0.05) is 11.6 Å². The molecule has 29 heavy (non-hydrogen) atoms. The summed E-state index contributed by atoms with van der Waals surface area (Å²) >= 11 is 6.01. The van der Waals surface area contributed by atoms with E-state index in [1.807, 2.05) is 0 Å². The number of carbonyl (C=O) groups is 1. The minimum absolute atomic E-state index is 0.0524. The minimum Gasteiger partial charge on any atom is -0.504 e. The molecule has 1 unspecified atom stereocenters. The molecular weight excluding hydrogens is 394 g/mol. The number of aromatic hydroxyl groups is 1. The van der Waals surface area contributed by atoms with Crippen LogP contribution in [0, 0.1) is 0 Å². The van der Waals surface area contributed by atoms with Gasteiger partial charge in [0.15, 0.2) is 11.5 Å². The third kappa shape index (κ3) is 7.15. The lowest BCUT2D eigenvalue weighted by Crippen LogP contribution is -2.40. The third-order valence-corrected chi connectivity index (χ3v) is 4.43. The van der Waals surface area contributed by atoms with Crippen LogP contribution in [-0.2, 0) is 11.2 Å². The van der Waals surface area contributed by atoms with Crippen molar-refractivity contribution < 1.29 is 24.5 Å². The molecule has 0 saturated carbocycles. The maximum Gasteiger partial charge on any atom is 0.410 e. The molecule has 0 saturated heterocycles. The number of hydrogen-bond donors (Lipinski definition) is 2. The summed E-state index contributed by atoms with van der Waals surface area (Å²) in [7, 11) is 1.48. The van der Waals surface area contributed by atoms with E-state index in [4.69, 9.17) is 21.1 Å². The van der Waals surface area contributed by atoms with Crippen LogP contribution in [0.5, 0.6) is 11.5 Å². The first-order valence-electron chi connectivity index (χ1n) is 9.36. The Morgan fingerprint density at radius 1 is 1.21 bits per heavy atom. The van der Waals surface area contributed by atoms with Gasteiger partial charge in [-0.1, -0.05) is 29.8 Å². The van der Waals surface area contributed by atoms with Crippen molar-refractivity contribution in [2.45, 2.75) is 38.9 Å². The Morgan fingerprint density at radius 3 is 2.55 bits per heavy atom. The van der Waals surface area contributed by atoms with E-state index in [0.717, 1.165) is 5.56 Å². The predicted molar refractivity (Wildman–Crippen MR) is 113 cm³/mol. The SMILES string of the molecule is COc1cc(CCN(CC(O)c2cccc(Cl)c2)C(=O)OC(C)(C)C)ccc1O. The molecule has 0 aliphatic heterocycles. The average Bonchev–Trinajstić information content (AvgIpc) is 2.64. The number of hydrogen-bond acceptors (Lipinski definition) is 5. The molecule has 0 radical (unpaired) electrons. The van der Waals surface area contributed by atoms with Crippen LogP contribution < -0.4 is 4.74 Å². The van der Waals surface area contributed by atoms with E-state index >= 15 is 0 Å². The van der Waals surface area contributed by atoms with Gasteiger partial charge < -0.3 is 24.6 Å². The lowest BCUT2D eigenvalue weighted by molar-refractivity contribution is 0.0147. The second kappa shape index (κ2) is 9.85. The Bertz CT molecular complexity index is 834. The van der Waals surface area contributed by atoms with Gasteiger partial charge in [-0.25, -0.2) is 4.79 Å². The molecule has 7 heteroatoms. The van der Waals surface area contributed by atoms with Crippen LogP contribution in [0.25, 0.3) is 0 Å². The fraction of sp³-hybridized carbons (Fsp3) is 0.409. The smallest absolute Gasteiger partial charge is 0.410 e. The van der Waals surface area contributed by atoms with Crippen LogP contribution in [0.15, 0.2) is 42.5 Å². The van der Waals surface area contributed by atoms with Crippen LogP contribution in [0.3, 0.4) is 0 Å². The monoisotopic (exact) mass is 421 g/mol. The fourth-order valence-corrected chi connectivity index (χ4v) is 2.95. The number of phenolic OH excluding ortho intramolecular Hbond substituents is 1. The van der Waals surface area contributed by atoms with Crippen LogP contribution >= 0.6 is 11.6 Å². The molecule has 0 aliphatic carbocycles. The second-order valence-corrected chi connectivity index (χ2v) is 8.19. The molecule has 0 bridgehead atoms. The van der Waals surface area contributed by atoms with E-state index < -0.39 is 17.8 Å². The van der Waals surface area contributed by atoms with E-state index in [9.17, 15) is 15.0 Å². The standard InChI is InChI=1S/C22H28ClNO5/c1-22(2,3)29-21(27)24(14-19(26)16-6-5-7-17(23)13-16)11-10-15-8-9-18(25)20(12-15)28-4/h5-9,12-13,19,25-26H,10-11,14H2,1-4H3. The molecule has 1 amide bonds. The van der Waals surface area contributed by atoms with E-state index in [1.54, 1.807) is 63.2 Å². The summed E-state index contributed by atoms with van der Waals surface area (Å²) in [6.07, 6.45) is -0.919. The molecule has 2 N–H and O–H groups in total. The fourth-order valence-electron chi connectivity index (χ4n) is 2.75. The highest BCUT2D eigenvalue weighted by atomic mass is 35.5. The van der Waals surface area contributed by atoms with Gasteiger partial charge in [-0.05, 0) is 62.6 Å². The van der Waals surface area contributed by atoms with Crippen molar-refractivity contribution in [1.82, 2.24) is 4.90 Å². The number of aliphatic hydroxyl groups excluding tert-OH is 1. The highest BCUT2D eigenvalue weighted by Crippen LogP contribution is 2.27. The van der Waals surface area contributed by atoms with Gasteiger partial charge in [-0.15, -0.1) is 0 Å². The number of methoxy groups -OCH3 is 1. The lowest BCUT2D eigenvalue weighted by Gasteiger charge is -2.29. The van der Waals surface area contributed by atoms with Gasteiger partial charge in [0.25, 0.3) is 0 Å². The topological polar surface area (TPSA) is 79.2 Å². The van der Waals surface area contributed by atoms with Crippen LogP contribution in [0.4, 0.5) is 4.79 Å². The molecule has 158 valence electrons. The number of carbonyl (C=O) groups excluding carboxylic acids is 1. The van der Waals surface area contributed by atoms with Crippen LogP contribution in [0.2, 0.25) is 5.02 Å². The summed E-state index contributed by atoms with van der Waals surface area (Å²) in [6, 6.07) is 11.9. The number of nitrogens with zero attached hydrogens (tertiary/aromatic N) is 1. The second-order valence-electron chi connectivity index (χ2n) is 7.75. The van der Waals surface area contributed by atoms with Crippen molar-refractivity contribution in [3.8, 4) is 11.5 Å². The zero-order chi connectivity index (χ0) is 21.6. The number of rotatable bonds is 7. The lowest BCUT2D eigenvalue weighted by atomic mass is 10.1. The molecule has 2 rings (SSSR count). The predicted octanol–water partition coefficient (Wildman–Crippen LogP) is 4.57. The van der Waals surface area contributed by atoms with Gasteiger partial charge in [0.2, 0.25) is 0 Å². The first-order chi connectivity index (χ1) is 13.6. The summed E-state index contributed by atoms with van der Waals surface area (Å²) in [4.78, 5) is 14.2. The summed E-state index contributed by atoms with van der Waals surface area (Å²) < 4.78 is 10.6. The normalized spacial score (nSPS) is 12.3. The number of amides is 1. The molecule has 0 aliphatic rings. The summed E-state index contributed by atoms with van der Waals surface area (Å²) in [6.45, 7) is 5.76. The summed E-state index contributed by atoms with van der Waals surface area (Å²) in [5.74, 6) is 0.418. The highest BCUT2D eigenvalue weighted by molar-refractivity contribution is 6.30. The van der Waals surface area contributed by atoms with E-state index in [0.29, 0.717) is 29.3 Å². The van der Waals surface area contributed by atoms with Crippen LogP contribution in [0.1, 0.15) is 38.0 Å². The van der Waals surface area contributed by atoms with E-state index in [1.165, 1.54) is 12.0 Å². The van der Waals surface area contributed by atoms with Crippen molar-refractivity contribution in [2.24, 2.45) is 0 Å². The van der Waals surface area contributed by atoms with Gasteiger partial charge in [0.05, 0.1) is 19.8 Å². The summed E-state index contributed by atoms with van der Waals surface area (Å²) in [5, 5.41) is 20.9. The molecule has 1 atom stereocenters. The van der Waals surface area contributed by atoms with Crippen molar-refractivity contribution in [2.75, 3.05) is 20.2 Å².